The number of amides is 1. The molecule has 0 N–H and O–H groups in total. The van der Waals surface area contributed by atoms with Gasteiger partial charge in [-0.1, -0.05) is 37.3 Å². The molecule has 2 aromatic rings. The molecule has 1 aliphatic rings. The van der Waals surface area contributed by atoms with Crippen LogP contribution in [0, 0.1) is 5.92 Å². The monoisotopic (exact) mass is 327 g/mol. The number of hydrogen-bond donors (Lipinski definition) is 0. The van der Waals surface area contributed by atoms with Crippen molar-refractivity contribution in [3.05, 3.63) is 36.7 Å². The Balaban J connectivity index is 1.63. The number of carbonyl (C=O) groups excluding carboxylic acids is 1. The molecule has 2 heterocycles. The summed E-state index contributed by atoms with van der Waals surface area (Å²) in [4.78, 5) is 21.1. The van der Waals surface area contributed by atoms with Crippen molar-refractivity contribution in [3.8, 4) is 11.4 Å². The molecule has 1 aliphatic heterocycles. The second-order valence-electron chi connectivity index (χ2n) is 6.73. The standard InChI is InChI=1S/C18H25N5O/c1-14-11-21(2)10-9-16(14)22(3)17(24)12-23-13-19-18(20-23)15-7-5-4-6-8-15/h4-8,13-14,16H,9-12H2,1-3H3/t14-,16-/m0/s1. The molecule has 0 unspecified atom stereocenters. The molecular formula is C18H25N5O. The molecule has 1 fully saturated rings. The second kappa shape index (κ2) is 7.13. The lowest BCUT2D eigenvalue weighted by molar-refractivity contribution is -0.134. The lowest BCUT2D eigenvalue weighted by Gasteiger charge is -2.40. The van der Waals surface area contributed by atoms with Crippen LogP contribution in [-0.4, -0.2) is 63.7 Å². The molecule has 1 aromatic carbocycles. The molecule has 0 bridgehead atoms. The average molecular weight is 327 g/mol. The first-order chi connectivity index (χ1) is 11.5. The van der Waals surface area contributed by atoms with E-state index in [1.54, 1.807) is 11.0 Å². The summed E-state index contributed by atoms with van der Waals surface area (Å²) in [5.74, 6) is 1.22. The Morgan fingerprint density at radius 3 is 2.79 bits per heavy atom. The van der Waals surface area contributed by atoms with Crippen molar-refractivity contribution in [3.63, 3.8) is 0 Å². The highest BCUT2D eigenvalue weighted by Gasteiger charge is 2.29. The maximum Gasteiger partial charge on any atom is 0.244 e. The summed E-state index contributed by atoms with van der Waals surface area (Å²) in [6.07, 6.45) is 2.65. The van der Waals surface area contributed by atoms with Gasteiger partial charge < -0.3 is 9.80 Å². The molecule has 3 rings (SSSR count). The highest BCUT2D eigenvalue weighted by molar-refractivity contribution is 5.76. The Morgan fingerprint density at radius 1 is 1.33 bits per heavy atom. The Labute approximate surface area is 143 Å². The number of aromatic nitrogens is 3. The fourth-order valence-corrected chi connectivity index (χ4v) is 3.44. The fraction of sp³-hybridized carbons (Fsp3) is 0.500. The molecule has 1 saturated heterocycles. The first kappa shape index (κ1) is 16.6. The van der Waals surface area contributed by atoms with Crippen molar-refractivity contribution in [1.29, 1.82) is 0 Å². The minimum absolute atomic E-state index is 0.0842. The van der Waals surface area contributed by atoms with E-state index >= 15 is 0 Å². The summed E-state index contributed by atoms with van der Waals surface area (Å²) in [7, 11) is 4.04. The van der Waals surface area contributed by atoms with Gasteiger partial charge in [-0.2, -0.15) is 5.10 Å². The van der Waals surface area contributed by atoms with E-state index in [0.29, 0.717) is 17.8 Å². The predicted octanol–water partition coefficient (Wildman–Crippen LogP) is 1.74. The van der Waals surface area contributed by atoms with Crippen molar-refractivity contribution in [2.45, 2.75) is 25.9 Å². The quantitative estimate of drug-likeness (QED) is 0.858. The van der Waals surface area contributed by atoms with Crippen molar-refractivity contribution in [1.82, 2.24) is 24.6 Å². The minimum Gasteiger partial charge on any atom is -0.341 e. The second-order valence-corrected chi connectivity index (χ2v) is 6.73. The molecule has 6 heteroatoms. The summed E-state index contributed by atoms with van der Waals surface area (Å²) >= 11 is 0. The van der Waals surface area contributed by atoms with Gasteiger partial charge in [0.2, 0.25) is 5.91 Å². The third-order valence-electron chi connectivity index (χ3n) is 4.82. The van der Waals surface area contributed by atoms with E-state index < -0.39 is 0 Å². The molecule has 0 aliphatic carbocycles. The van der Waals surface area contributed by atoms with Crippen LogP contribution in [0.4, 0.5) is 0 Å². The Hall–Kier alpha value is -2.21. The van der Waals surface area contributed by atoms with Crippen LogP contribution in [-0.2, 0) is 11.3 Å². The van der Waals surface area contributed by atoms with Crippen LogP contribution in [0.3, 0.4) is 0 Å². The topological polar surface area (TPSA) is 54.3 Å². The molecule has 1 amide bonds. The van der Waals surface area contributed by atoms with E-state index in [0.717, 1.165) is 25.1 Å². The summed E-state index contributed by atoms with van der Waals surface area (Å²) in [6.45, 7) is 4.51. The molecule has 128 valence electrons. The maximum absolute atomic E-state index is 12.6. The van der Waals surface area contributed by atoms with Gasteiger partial charge in [0, 0.05) is 25.2 Å². The van der Waals surface area contributed by atoms with Gasteiger partial charge in [0.05, 0.1) is 0 Å². The van der Waals surface area contributed by atoms with Crippen LogP contribution in [0.1, 0.15) is 13.3 Å². The van der Waals surface area contributed by atoms with Crippen LogP contribution in [0.2, 0.25) is 0 Å². The fourth-order valence-electron chi connectivity index (χ4n) is 3.44. The molecule has 1 aromatic heterocycles. The van der Waals surface area contributed by atoms with Crippen LogP contribution in [0.5, 0.6) is 0 Å². The van der Waals surface area contributed by atoms with E-state index in [-0.39, 0.29) is 12.5 Å². The predicted molar refractivity (Wildman–Crippen MR) is 93.3 cm³/mol. The molecular weight excluding hydrogens is 302 g/mol. The van der Waals surface area contributed by atoms with Gasteiger partial charge in [-0.25, -0.2) is 9.67 Å². The van der Waals surface area contributed by atoms with E-state index in [9.17, 15) is 4.79 Å². The number of piperidine rings is 1. The lowest BCUT2D eigenvalue weighted by Crippen LogP contribution is -2.50. The van der Waals surface area contributed by atoms with Gasteiger partial charge in [0.25, 0.3) is 0 Å². The summed E-state index contributed by atoms with van der Waals surface area (Å²) in [6, 6.07) is 10.1. The lowest BCUT2D eigenvalue weighted by atomic mass is 9.93. The van der Waals surface area contributed by atoms with Gasteiger partial charge in [-0.15, -0.1) is 0 Å². The van der Waals surface area contributed by atoms with Gasteiger partial charge in [0.1, 0.15) is 12.9 Å². The SMILES string of the molecule is C[C@H]1CN(C)CC[C@@H]1N(C)C(=O)Cn1cnc(-c2ccccc2)n1. The third-order valence-corrected chi connectivity index (χ3v) is 4.82. The van der Waals surface area contributed by atoms with Crippen molar-refractivity contribution < 1.29 is 4.79 Å². The summed E-state index contributed by atoms with van der Waals surface area (Å²) in [5.41, 5.74) is 0.959. The molecule has 6 nitrogen and oxygen atoms in total. The van der Waals surface area contributed by atoms with Crippen LogP contribution in [0.25, 0.3) is 11.4 Å². The van der Waals surface area contributed by atoms with Crippen molar-refractivity contribution in [2.24, 2.45) is 5.92 Å². The van der Waals surface area contributed by atoms with Gasteiger partial charge in [-0.05, 0) is 25.9 Å². The average Bonchev–Trinajstić information content (AvgIpc) is 3.03. The first-order valence-corrected chi connectivity index (χ1v) is 8.43. The van der Waals surface area contributed by atoms with Crippen molar-refractivity contribution in [2.75, 3.05) is 27.2 Å². The van der Waals surface area contributed by atoms with Gasteiger partial charge >= 0.3 is 0 Å². The number of likely N-dealkylation sites (N-methyl/N-ethyl adjacent to an activating group) is 1. The van der Waals surface area contributed by atoms with E-state index in [1.807, 2.05) is 42.3 Å². The van der Waals surface area contributed by atoms with E-state index in [4.69, 9.17) is 0 Å². The van der Waals surface area contributed by atoms with Crippen LogP contribution in [0.15, 0.2) is 36.7 Å². The van der Waals surface area contributed by atoms with Crippen LogP contribution < -0.4 is 0 Å². The number of hydrogen-bond acceptors (Lipinski definition) is 4. The third kappa shape index (κ3) is 3.64. The number of benzene rings is 1. The number of carbonyl (C=O) groups is 1. The zero-order chi connectivity index (χ0) is 17.1. The number of rotatable bonds is 4. The Kier molecular flexibility index (Phi) is 4.94. The highest BCUT2D eigenvalue weighted by atomic mass is 16.2. The van der Waals surface area contributed by atoms with Crippen LogP contribution >= 0.6 is 0 Å². The maximum atomic E-state index is 12.6. The zero-order valence-electron chi connectivity index (χ0n) is 14.6. The number of nitrogens with zero attached hydrogens (tertiary/aromatic N) is 5. The molecule has 0 radical (unpaired) electrons. The molecule has 0 saturated carbocycles. The summed E-state index contributed by atoms with van der Waals surface area (Å²) in [5, 5.41) is 4.43. The smallest absolute Gasteiger partial charge is 0.244 e. The van der Waals surface area contributed by atoms with Crippen molar-refractivity contribution >= 4 is 5.91 Å². The first-order valence-electron chi connectivity index (χ1n) is 8.43. The zero-order valence-corrected chi connectivity index (χ0v) is 14.6. The molecule has 24 heavy (non-hydrogen) atoms. The highest BCUT2D eigenvalue weighted by Crippen LogP contribution is 2.20. The van der Waals surface area contributed by atoms with E-state index in [2.05, 4.69) is 29.0 Å². The normalized spacial score (nSPS) is 21.6. The van der Waals surface area contributed by atoms with Gasteiger partial charge in [0.15, 0.2) is 5.82 Å². The Morgan fingerprint density at radius 2 is 2.08 bits per heavy atom. The molecule has 2 atom stereocenters. The van der Waals surface area contributed by atoms with E-state index in [1.165, 1.54) is 0 Å². The Bertz CT molecular complexity index is 684. The minimum atomic E-state index is 0.0842. The number of likely N-dealkylation sites (tertiary alicyclic amines) is 1. The van der Waals surface area contributed by atoms with Gasteiger partial charge in [-0.3, -0.25) is 4.79 Å². The molecule has 0 spiro atoms. The largest absolute Gasteiger partial charge is 0.341 e. The summed E-state index contributed by atoms with van der Waals surface area (Å²) < 4.78 is 1.63.